The van der Waals surface area contributed by atoms with Crippen LogP contribution < -0.4 is 15.4 Å². The molecule has 1 atom stereocenters. The van der Waals surface area contributed by atoms with Gasteiger partial charge in [0.25, 0.3) is 11.8 Å². The lowest BCUT2D eigenvalue weighted by Gasteiger charge is -2.36. The zero-order chi connectivity index (χ0) is 31.3. The number of rotatable bonds is 11. The van der Waals surface area contributed by atoms with E-state index in [0.717, 1.165) is 16.7 Å². The molecule has 44 heavy (non-hydrogen) atoms. The predicted octanol–water partition coefficient (Wildman–Crippen LogP) is 2.74. The molecule has 0 aliphatic carbocycles. The molecule has 0 spiro atoms. The Labute approximate surface area is 256 Å². The summed E-state index contributed by atoms with van der Waals surface area (Å²) in [7, 11) is -3.36. The summed E-state index contributed by atoms with van der Waals surface area (Å²) in [6, 6.07) is 28.3. The van der Waals surface area contributed by atoms with Crippen LogP contribution in [0.15, 0.2) is 102 Å². The van der Waals surface area contributed by atoms with Gasteiger partial charge in [0.2, 0.25) is 0 Å². The summed E-state index contributed by atoms with van der Waals surface area (Å²) >= 11 is 1.22. The van der Waals surface area contributed by atoms with Gasteiger partial charge in [0.1, 0.15) is 24.4 Å². The molecule has 4 aromatic rings. The van der Waals surface area contributed by atoms with Crippen LogP contribution >= 0.6 is 11.3 Å². The highest BCUT2D eigenvalue weighted by Gasteiger charge is 2.46. The number of carbonyl (C=O) groups is 3. The molecule has 0 saturated carbocycles. The quantitative estimate of drug-likeness (QED) is 0.0835. The first-order chi connectivity index (χ1) is 21.2. The molecule has 1 aliphatic rings. The van der Waals surface area contributed by atoms with E-state index in [1.807, 2.05) is 91.0 Å². The van der Waals surface area contributed by atoms with Crippen LogP contribution in [-0.2, 0) is 30.2 Å². The molecule has 1 aliphatic heterocycles. The first kappa shape index (κ1) is 30.2. The van der Waals surface area contributed by atoms with Gasteiger partial charge in [-0.15, -0.1) is 11.3 Å². The molecule has 4 N–H and O–H groups in total. The summed E-state index contributed by atoms with van der Waals surface area (Å²) < 4.78 is 25.6. The molecule has 13 nitrogen and oxygen atoms in total. The van der Waals surface area contributed by atoms with E-state index >= 15 is 0 Å². The lowest BCUT2D eigenvalue weighted by molar-refractivity contribution is -0.139. The summed E-state index contributed by atoms with van der Waals surface area (Å²) in [5, 5.41) is 20.6. The smallest absolute Gasteiger partial charge is 0.419 e. The van der Waals surface area contributed by atoms with E-state index in [1.54, 1.807) is 5.38 Å². The van der Waals surface area contributed by atoms with Crippen LogP contribution in [0.4, 0.5) is 9.93 Å². The van der Waals surface area contributed by atoms with Gasteiger partial charge in [-0.1, -0.05) is 96.2 Å². The first-order valence-corrected chi connectivity index (χ1v) is 15.4. The maximum absolute atomic E-state index is 13.2. The maximum atomic E-state index is 13.2. The molecule has 0 radical (unpaired) electrons. The lowest BCUT2D eigenvalue weighted by Crippen LogP contribution is -2.67. The number of benzene rings is 3. The average molecular weight is 635 g/mol. The van der Waals surface area contributed by atoms with E-state index < -0.39 is 46.2 Å². The van der Waals surface area contributed by atoms with Crippen LogP contribution in [0.3, 0.4) is 0 Å². The highest BCUT2D eigenvalue weighted by atomic mass is 32.2. The van der Waals surface area contributed by atoms with Crippen molar-refractivity contribution >= 4 is 50.3 Å². The van der Waals surface area contributed by atoms with Gasteiger partial charge in [0, 0.05) is 5.38 Å². The molecular formula is C29H26N6O7S2. The Morgan fingerprint density at radius 3 is 1.95 bits per heavy atom. The van der Waals surface area contributed by atoms with Gasteiger partial charge in [-0.25, -0.2) is 18.8 Å². The third-order valence-corrected chi connectivity index (χ3v) is 8.86. The summed E-state index contributed by atoms with van der Waals surface area (Å²) in [5.41, 5.74) is 1.84. The van der Waals surface area contributed by atoms with Crippen molar-refractivity contribution in [1.29, 1.82) is 0 Å². The Morgan fingerprint density at radius 2 is 1.50 bits per heavy atom. The zero-order valence-corrected chi connectivity index (χ0v) is 24.7. The number of thiazole rings is 1. The topological polar surface area (TPSA) is 179 Å². The lowest BCUT2D eigenvalue weighted by atomic mass is 9.77. The Kier molecular flexibility index (Phi) is 8.59. The highest BCUT2D eigenvalue weighted by molar-refractivity contribution is 7.88. The number of amides is 3. The van der Waals surface area contributed by atoms with Gasteiger partial charge in [-0.2, -0.15) is 8.42 Å². The van der Waals surface area contributed by atoms with Crippen LogP contribution in [0.2, 0.25) is 0 Å². The van der Waals surface area contributed by atoms with Gasteiger partial charge in [0.05, 0.1) is 6.54 Å². The predicted molar refractivity (Wildman–Crippen MR) is 162 cm³/mol. The summed E-state index contributed by atoms with van der Waals surface area (Å²) in [6.07, 6.45) is -1.84. The fourth-order valence-corrected chi connectivity index (χ4v) is 6.58. The average Bonchev–Trinajstić information content (AvgIpc) is 3.48. The van der Waals surface area contributed by atoms with Crippen molar-refractivity contribution in [3.63, 3.8) is 0 Å². The van der Waals surface area contributed by atoms with E-state index in [2.05, 4.69) is 20.8 Å². The summed E-state index contributed by atoms with van der Waals surface area (Å²) in [6.45, 7) is -0.467. The second kappa shape index (κ2) is 12.5. The van der Waals surface area contributed by atoms with Crippen molar-refractivity contribution in [2.45, 2.75) is 11.6 Å². The molecule has 3 amide bonds. The van der Waals surface area contributed by atoms with E-state index in [4.69, 9.17) is 9.94 Å². The third-order valence-electron chi connectivity index (χ3n) is 6.76. The minimum atomic E-state index is -4.60. The highest BCUT2D eigenvalue weighted by Crippen LogP contribution is 2.40. The standard InChI is InChI=1S/C29H26N6O7S2/c1-42-33-24(25(36)30-22-17-35(26(22)37)44(40,41)34-28(38)39)23-18-43-27(31-23)32-29(19-11-5-2-6-12-19,20-13-7-3-8-14-20)21-15-9-4-10-16-21/h2-16,18,22,34H,17H2,1H3,(H,30,36)(H,31,32)(H,38,39)/t22-/m0/s1. The second-order valence-electron chi connectivity index (χ2n) is 9.44. The molecule has 1 fully saturated rings. The molecular weight excluding hydrogens is 608 g/mol. The largest absolute Gasteiger partial charge is 0.464 e. The van der Waals surface area contributed by atoms with Gasteiger partial charge in [0.15, 0.2) is 10.8 Å². The number of nitrogens with one attached hydrogen (secondary N) is 3. The monoisotopic (exact) mass is 634 g/mol. The maximum Gasteiger partial charge on any atom is 0.419 e. The van der Waals surface area contributed by atoms with Crippen LogP contribution in [-0.4, -0.2) is 66.1 Å². The van der Waals surface area contributed by atoms with Gasteiger partial charge >= 0.3 is 16.3 Å². The molecule has 5 rings (SSSR count). The fourth-order valence-electron chi connectivity index (χ4n) is 4.79. The second-order valence-corrected chi connectivity index (χ2v) is 11.9. The summed E-state index contributed by atoms with van der Waals surface area (Å²) in [4.78, 5) is 45.8. The molecule has 1 aromatic heterocycles. The van der Waals surface area contributed by atoms with E-state index in [1.165, 1.54) is 23.2 Å². The number of oxime groups is 1. The number of nitrogens with zero attached hydrogens (tertiary/aromatic N) is 3. The van der Waals surface area contributed by atoms with Crippen LogP contribution in [0.25, 0.3) is 0 Å². The van der Waals surface area contributed by atoms with Crippen molar-refractivity contribution in [3.05, 3.63) is 119 Å². The van der Waals surface area contributed by atoms with Crippen molar-refractivity contribution in [2.75, 3.05) is 19.0 Å². The molecule has 1 saturated heterocycles. The molecule has 15 heteroatoms. The van der Waals surface area contributed by atoms with Crippen molar-refractivity contribution in [3.8, 4) is 0 Å². The Balaban J connectivity index is 1.44. The number of carbonyl (C=O) groups excluding carboxylic acids is 2. The number of β-lactam (4-membered cyclic amide) rings is 1. The molecule has 226 valence electrons. The number of carboxylic acid groups (broad SMARTS) is 1. The Hall–Kier alpha value is -5.28. The Morgan fingerprint density at radius 1 is 0.977 bits per heavy atom. The van der Waals surface area contributed by atoms with Crippen molar-refractivity contribution in [1.82, 2.24) is 19.3 Å². The molecule has 0 unspecified atom stereocenters. The number of aromatic nitrogens is 1. The third kappa shape index (κ3) is 5.95. The van der Waals surface area contributed by atoms with E-state index in [9.17, 15) is 22.8 Å². The molecule has 2 heterocycles. The minimum absolute atomic E-state index is 0.142. The number of anilines is 1. The van der Waals surface area contributed by atoms with Crippen molar-refractivity contribution in [2.24, 2.45) is 5.16 Å². The minimum Gasteiger partial charge on any atom is -0.464 e. The summed E-state index contributed by atoms with van der Waals surface area (Å²) in [5.74, 6) is -1.85. The SMILES string of the molecule is CON=C(C(=O)N[C@H]1CN(S(=O)(=O)NC(=O)O)C1=O)c1csc(NC(c2ccccc2)(c2ccccc2)c2ccccc2)n1. The van der Waals surface area contributed by atoms with E-state index in [-0.39, 0.29) is 11.4 Å². The van der Waals surface area contributed by atoms with E-state index in [0.29, 0.717) is 9.44 Å². The van der Waals surface area contributed by atoms with Crippen LogP contribution in [0.5, 0.6) is 0 Å². The molecule has 0 bridgehead atoms. The zero-order valence-electron chi connectivity index (χ0n) is 23.1. The normalized spacial score (nSPS) is 15.2. The fraction of sp³-hybridized carbons (Fsp3) is 0.138. The van der Waals surface area contributed by atoms with Crippen LogP contribution in [0.1, 0.15) is 22.4 Å². The first-order valence-electron chi connectivity index (χ1n) is 13.1. The van der Waals surface area contributed by atoms with Crippen molar-refractivity contribution < 1.29 is 32.7 Å². The Bertz CT molecular complexity index is 1700. The molecule has 3 aromatic carbocycles. The number of hydrogen-bond donors (Lipinski definition) is 4. The van der Waals surface area contributed by atoms with Gasteiger partial charge in [-0.05, 0) is 16.7 Å². The number of hydrogen-bond acceptors (Lipinski definition) is 10. The van der Waals surface area contributed by atoms with Gasteiger partial charge < -0.3 is 20.6 Å². The van der Waals surface area contributed by atoms with Crippen LogP contribution in [0, 0.1) is 0 Å². The van der Waals surface area contributed by atoms with Gasteiger partial charge in [-0.3, -0.25) is 9.59 Å².